The van der Waals surface area contributed by atoms with Crippen LogP contribution in [0.2, 0.25) is 0 Å². The molecular weight excluding hydrogens is 212 g/mol. The van der Waals surface area contributed by atoms with Crippen LogP contribution in [-0.4, -0.2) is 50.3 Å². The van der Waals surface area contributed by atoms with Gasteiger partial charge < -0.3 is 15.0 Å². The summed E-state index contributed by atoms with van der Waals surface area (Å²) in [7, 11) is 4.35. The molecule has 1 heterocycles. The van der Waals surface area contributed by atoms with Crippen LogP contribution < -0.4 is 5.32 Å². The Balaban J connectivity index is 2.58. The lowest BCUT2D eigenvalue weighted by Gasteiger charge is -2.42. The summed E-state index contributed by atoms with van der Waals surface area (Å²) in [4.78, 5) is 2.33. The lowest BCUT2D eigenvalue weighted by atomic mass is 9.83. The van der Waals surface area contributed by atoms with Gasteiger partial charge in [0.2, 0.25) is 0 Å². The molecule has 0 aromatic heterocycles. The highest BCUT2D eigenvalue weighted by Crippen LogP contribution is 2.26. The molecule has 1 rings (SSSR count). The summed E-state index contributed by atoms with van der Waals surface area (Å²) in [5.41, 5.74) is 0.203. The summed E-state index contributed by atoms with van der Waals surface area (Å²) in [6, 6.07) is 0.561. The first-order chi connectivity index (χ1) is 7.98. The maximum absolute atomic E-state index is 5.44. The Morgan fingerprint density at radius 2 is 1.88 bits per heavy atom. The first kappa shape index (κ1) is 14.9. The third-order valence-electron chi connectivity index (χ3n) is 4.37. The average Bonchev–Trinajstić information content (AvgIpc) is 2.29. The van der Waals surface area contributed by atoms with Crippen LogP contribution in [0.3, 0.4) is 0 Å². The van der Waals surface area contributed by atoms with Gasteiger partial charge in [0.25, 0.3) is 0 Å². The van der Waals surface area contributed by atoms with Crippen LogP contribution in [0.25, 0.3) is 0 Å². The lowest BCUT2D eigenvalue weighted by Crippen LogP contribution is -2.56. The molecule has 1 N–H and O–H groups in total. The van der Waals surface area contributed by atoms with Crippen LogP contribution in [0.5, 0.6) is 0 Å². The summed E-state index contributed by atoms with van der Waals surface area (Å²) in [6.45, 7) is 9.81. The van der Waals surface area contributed by atoms with Gasteiger partial charge in [0.15, 0.2) is 0 Å². The van der Waals surface area contributed by atoms with Crippen molar-refractivity contribution in [3.05, 3.63) is 0 Å². The fraction of sp³-hybridized carbons (Fsp3) is 1.00. The van der Waals surface area contributed by atoms with Crippen LogP contribution in [0, 0.1) is 5.92 Å². The number of hydrogen-bond donors (Lipinski definition) is 1. The molecule has 0 radical (unpaired) electrons. The molecule has 3 nitrogen and oxygen atoms in total. The minimum Gasteiger partial charge on any atom is -0.381 e. The predicted octanol–water partition coefficient (Wildman–Crippen LogP) is 2.12. The molecule has 1 aliphatic rings. The molecule has 102 valence electrons. The van der Waals surface area contributed by atoms with Crippen molar-refractivity contribution in [2.45, 2.75) is 51.6 Å². The summed E-state index contributed by atoms with van der Waals surface area (Å²) >= 11 is 0. The summed E-state index contributed by atoms with van der Waals surface area (Å²) in [5, 5.41) is 3.67. The summed E-state index contributed by atoms with van der Waals surface area (Å²) in [5.74, 6) is 0.826. The van der Waals surface area contributed by atoms with Gasteiger partial charge in [0, 0.05) is 24.8 Å². The standard InChI is InChI=1S/C14H30N2O/c1-6-15-13(14(2,3)16(4)5)11-12-7-9-17-10-8-12/h12-13,15H,6-11H2,1-5H3. The monoisotopic (exact) mass is 242 g/mol. The van der Waals surface area contributed by atoms with E-state index in [0.717, 1.165) is 25.7 Å². The largest absolute Gasteiger partial charge is 0.381 e. The Morgan fingerprint density at radius 1 is 1.29 bits per heavy atom. The van der Waals surface area contributed by atoms with Crippen LogP contribution >= 0.6 is 0 Å². The van der Waals surface area contributed by atoms with Gasteiger partial charge in [-0.1, -0.05) is 6.92 Å². The third-order valence-corrected chi connectivity index (χ3v) is 4.37. The van der Waals surface area contributed by atoms with Gasteiger partial charge in [-0.3, -0.25) is 0 Å². The highest BCUT2D eigenvalue weighted by molar-refractivity contribution is 4.92. The van der Waals surface area contributed by atoms with Gasteiger partial charge in [-0.25, -0.2) is 0 Å². The van der Waals surface area contributed by atoms with E-state index in [9.17, 15) is 0 Å². The Labute approximate surface area is 107 Å². The molecule has 0 spiro atoms. The number of ether oxygens (including phenoxy) is 1. The Kier molecular flexibility index (Phi) is 5.90. The van der Waals surface area contributed by atoms with Crippen molar-refractivity contribution in [2.75, 3.05) is 33.9 Å². The molecule has 0 aromatic rings. The molecule has 0 saturated carbocycles. The second-order valence-electron chi connectivity index (χ2n) is 5.95. The number of likely N-dealkylation sites (N-methyl/N-ethyl adjacent to an activating group) is 2. The Hall–Kier alpha value is -0.120. The highest BCUT2D eigenvalue weighted by Gasteiger charge is 2.33. The zero-order chi connectivity index (χ0) is 12.9. The molecule has 0 aliphatic carbocycles. The van der Waals surface area contributed by atoms with E-state index in [-0.39, 0.29) is 5.54 Å². The second-order valence-corrected chi connectivity index (χ2v) is 5.95. The smallest absolute Gasteiger partial charge is 0.0468 e. The number of hydrogen-bond acceptors (Lipinski definition) is 3. The minimum absolute atomic E-state index is 0.203. The van der Waals surface area contributed by atoms with Crippen LogP contribution in [0.1, 0.15) is 40.0 Å². The molecule has 1 unspecified atom stereocenters. The third kappa shape index (κ3) is 4.23. The minimum atomic E-state index is 0.203. The molecule has 3 heteroatoms. The molecule has 17 heavy (non-hydrogen) atoms. The van der Waals surface area contributed by atoms with E-state index in [4.69, 9.17) is 4.74 Å². The summed E-state index contributed by atoms with van der Waals surface area (Å²) in [6.07, 6.45) is 3.72. The molecule has 0 bridgehead atoms. The van der Waals surface area contributed by atoms with Crippen LogP contribution in [0.4, 0.5) is 0 Å². The average molecular weight is 242 g/mol. The fourth-order valence-corrected chi connectivity index (χ4v) is 2.50. The van der Waals surface area contributed by atoms with Gasteiger partial charge in [0.05, 0.1) is 0 Å². The number of rotatable bonds is 6. The predicted molar refractivity (Wildman–Crippen MR) is 73.4 cm³/mol. The van der Waals surface area contributed by atoms with E-state index in [1.54, 1.807) is 0 Å². The molecule has 0 amide bonds. The topological polar surface area (TPSA) is 24.5 Å². The molecule has 1 fully saturated rings. The maximum atomic E-state index is 5.44. The Morgan fingerprint density at radius 3 is 2.35 bits per heavy atom. The van der Waals surface area contributed by atoms with Crippen molar-refractivity contribution in [1.29, 1.82) is 0 Å². The first-order valence-corrected chi connectivity index (χ1v) is 6.97. The zero-order valence-corrected chi connectivity index (χ0v) is 12.3. The first-order valence-electron chi connectivity index (χ1n) is 6.97. The van der Waals surface area contributed by atoms with E-state index < -0.39 is 0 Å². The van der Waals surface area contributed by atoms with Crippen molar-refractivity contribution in [3.8, 4) is 0 Å². The van der Waals surface area contributed by atoms with Gasteiger partial charge in [-0.2, -0.15) is 0 Å². The fourth-order valence-electron chi connectivity index (χ4n) is 2.50. The van der Waals surface area contributed by atoms with Crippen molar-refractivity contribution in [2.24, 2.45) is 5.92 Å². The van der Waals surface area contributed by atoms with E-state index in [0.29, 0.717) is 6.04 Å². The SMILES string of the molecule is CCNC(CC1CCOCC1)C(C)(C)N(C)C. The maximum Gasteiger partial charge on any atom is 0.0468 e. The second kappa shape index (κ2) is 6.72. The van der Waals surface area contributed by atoms with E-state index in [1.807, 2.05) is 0 Å². The van der Waals surface area contributed by atoms with Gasteiger partial charge in [-0.15, -0.1) is 0 Å². The molecule has 1 aliphatic heterocycles. The number of nitrogens with zero attached hydrogens (tertiary/aromatic N) is 1. The number of nitrogens with one attached hydrogen (secondary N) is 1. The van der Waals surface area contributed by atoms with E-state index in [2.05, 4.69) is 45.1 Å². The Bertz CT molecular complexity index is 210. The quantitative estimate of drug-likeness (QED) is 0.772. The summed E-state index contributed by atoms with van der Waals surface area (Å²) < 4.78 is 5.44. The molecule has 1 atom stereocenters. The van der Waals surface area contributed by atoms with Crippen LogP contribution in [-0.2, 0) is 4.74 Å². The van der Waals surface area contributed by atoms with Crippen molar-refractivity contribution < 1.29 is 4.74 Å². The molecule has 1 saturated heterocycles. The van der Waals surface area contributed by atoms with Crippen molar-refractivity contribution in [1.82, 2.24) is 10.2 Å². The van der Waals surface area contributed by atoms with Gasteiger partial charge in [-0.05, 0) is 59.7 Å². The molecular formula is C14H30N2O. The van der Waals surface area contributed by atoms with E-state index >= 15 is 0 Å². The van der Waals surface area contributed by atoms with E-state index in [1.165, 1.54) is 19.3 Å². The van der Waals surface area contributed by atoms with Crippen LogP contribution in [0.15, 0.2) is 0 Å². The van der Waals surface area contributed by atoms with Crippen molar-refractivity contribution >= 4 is 0 Å². The zero-order valence-electron chi connectivity index (χ0n) is 12.3. The van der Waals surface area contributed by atoms with Crippen molar-refractivity contribution in [3.63, 3.8) is 0 Å². The lowest BCUT2D eigenvalue weighted by molar-refractivity contribution is 0.0477. The highest BCUT2D eigenvalue weighted by atomic mass is 16.5. The van der Waals surface area contributed by atoms with Gasteiger partial charge >= 0.3 is 0 Å². The van der Waals surface area contributed by atoms with Gasteiger partial charge in [0.1, 0.15) is 0 Å². The molecule has 0 aromatic carbocycles. The normalized spacial score (nSPS) is 20.8.